The van der Waals surface area contributed by atoms with Crippen molar-refractivity contribution < 1.29 is 14.3 Å². The number of primary amides is 1. The molecule has 6 heteroatoms. The molecule has 1 unspecified atom stereocenters. The van der Waals surface area contributed by atoms with Crippen molar-refractivity contribution in [2.75, 3.05) is 13.1 Å². The van der Waals surface area contributed by atoms with E-state index < -0.39 is 6.10 Å². The van der Waals surface area contributed by atoms with Crippen molar-refractivity contribution in [2.24, 2.45) is 11.7 Å². The lowest BCUT2D eigenvalue weighted by atomic mass is 9.96. The van der Waals surface area contributed by atoms with Crippen LogP contribution < -0.4 is 10.5 Å². The maximum absolute atomic E-state index is 12.5. The summed E-state index contributed by atoms with van der Waals surface area (Å²) in [5, 5.41) is 0.625. The standard InChI is InChI=1S/C16H21ClN2O3/c1-2-14(22-13-5-3-12(17)4-6-13)16(21)19-9-7-11(8-10-19)15(18)20/h3-6,11,14H,2,7-10H2,1H3,(H2,18,20). The summed E-state index contributed by atoms with van der Waals surface area (Å²) in [5.41, 5.74) is 5.31. The number of benzene rings is 1. The van der Waals surface area contributed by atoms with Crippen LogP contribution in [-0.4, -0.2) is 35.9 Å². The Morgan fingerprint density at radius 2 is 1.91 bits per heavy atom. The summed E-state index contributed by atoms with van der Waals surface area (Å²) < 4.78 is 5.77. The van der Waals surface area contributed by atoms with Crippen LogP contribution in [0.3, 0.4) is 0 Å². The molecule has 0 spiro atoms. The molecule has 1 heterocycles. The normalized spacial score (nSPS) is 17.1. The minimum Gasteiger partial charge on any atom is -0.481 e. The molecule has 1 aliphatic rings. The molecule has 1 aliphatic heterocycles. The van der Waals surface area contributed by atoms with Crippen LogP contribution in [0.5, 0.6) is 5.75 Å². The number of carbonyl (C=O) groups is 2. The van der Waals surface area contributed by atoms with Crippen molar-refractivity contribution in [3.8, 4) is 5.75 Å². The van der Waals surface area contributed by atoms with Gasteiger partial charge in [-0.1, -0.05) is 18.5 Å². The summed E-state index contributed by atoms with van der Waals surface area (Å²) >= 11 is 5.84. The molecule has 0 aromatic heterocycles. The largest absolute Gasteiger partial charge is 0.481 e. The highest BCUT2D eigenvalue weighted by molar-refractivity contribution is 6.30. The molecule has 1 aromatic rings. The average Bonchev–Trinajstić information content (AvgIpc) is 2.53. The van der Waals surface area contributed by atoms with E-state index in [1.807, 2.05) is 6.92 Å². The Balaban J connectivity index is 1.94. The Labute approximate surface area is 135 Å². The molecule has 22 heavy (non-hydrogen) atoms. The molecule has 0 radical (unpaired) electrons. The Kier molecular flexibility index (Phi) is 5.66. The van der Waals surface area contributed by atoms with Crippen LogP contribution in [0.15, 0.2) is 24.3 Å². The van der Waals surface area contributed by atoms with Crippen molar-refractivity contribution in [1.29, 1.82) is 0 Å². The molecular weight excluding hydrogens is 304 g/mol. The minimum atomic E-state index is -0.522. The van der Waals surface area contributed by atoms with Crippen LogP contribution in [-0.2, 0) is 9.59 Å². The third kappa shape index (κ3) is 4.13. The SMILES string of the molecule is CCC(Oc1ccc(Cl)cc1)C(=O)N1CCC(C(N)=O)CC1. The van der Waals surface area contributed by atoms with E-state index in [2.05, 4.69) is 0 Å². The zero-order valence-corrected chi connectivity index (χ0v) is 13.4. The van der Waals surface area contributed by atoms with Crippen molar-refractivity contribution >= 4 is 23.4 Å². The zero-order valence-electron chi connectivity index (χ0n) is 12.6. The first-order chi connectivity index (χ1) is 10.5. The molecular formula is C16H21ClN2O3. The monoisotopic (exact) mass is 324 g/mol. The van der Waals surface area contributed by atoms with E-state index in [9.17, 15) is 9.59 Å². The van der Waals surface area contributed by atoms with Gasteiger partial charge in [-0.2, -0.15) is 0 Å². The lowest BCUT2D eigenvalue weighted by Gasteiger charge is -2.33. The molecule has 1 aromatic carbocycles. The first kappa shape index (κ1) is 16.6. The number of halogens is 1. The molecule has 1 saturated heterocycles. The van der Waals surface area contributed by atoms with Gasteiger partial charge in [-0.3, -0.25) is 9.59 Å². The van der Waals surface area contributed by atoms with Crippen LogP contribution in [0.2, 0.25) is 5.02 Å². The van der Waals surface area contributed by atoms with Crippen molar-refractivity contribution in [1.82, 2.24) is 4.90 Å². The topological polar surface area (TPSA) is 72.6 Å². The van der Waals surface area contributed by atoms with E-state index in [1.54, 1.807) is 29.2 Å². The molecule has 1 fully saturated rings. The van der Waals surface area contributed by atoms with E-state index in [0.29, 0.717) is 43.1 Å². The first-order valence-corrected chi connectivity index (χ1v) is 7.89. The van der Waals surface area contributed by atoms with E-state index in [-0.39, 0.29) is 17.7 Å². The van der Waals surface area contributed by atoms with Gasteiger partial charge in [0.25, 0.3) is 5.91 Å². The molecule has 2 N–H and O–H groups in total. The van der Waals surface area contributed by atoms with Gasteiger partial charge in [-0.25, -0.2) is 0 Å². The highest BCUT2D eigenvalue weighted by Gasteiger charge is 2.30. The van der Waals surface area contributed by atoms with Gasteiger partial charge in [0.05, 0.1) is 0 Å². The van der Waals surface area contributed by atoms with Gasteiger partial charge < -0.3 is 15.4 Å². The van der Waals surface area contributed by atoms with E-state index >= 15 is 0 Å². The quantitative estimate of drug-likeness (QED) is 0.902. The Morgan fingerprint density at radius 3 is 2.41 bits per heavy atom. The van der Waals surface area contributed by atoms with Crippen LogP contribution in [0.25, 0.3) is 0 Å². The summed E-state index contributed by atoms with van der Waals surface area (Å²) in [6, 6.07) is 6.95. The predicted molar refractivity (Wildman–Crippen MR) is 84.7 cm³/mol. The first-order valence-electron chi connectivity index (χ1n) is 7.51. The molecule has 0 saturated carbocycles. The second-order valence-electron chi connectivity index (χ2n) is 5.47. The number of likely N-dealkylation sites (tertiary alicyclic amines) is 1. The Bertz CT molecular complexity index is 525. The number of piperidine rings is 1. The van der Waals surface area contributed by atoms with Crippen molar-refractivity contribution in [2.45, 2.75) is 32.3 Å². The molecule has 2 rings (SSSR count). The number of rotatable bonds is 5. The van der Waals surface area contributed by atoms with Gasteiger partial charge >= 0.3 is 0 Å². The number of carbonyl (C=O) groups excluding carboxylic acids is 2. The highest BCUT2D eigenvalue weighted by Crippen LogP contribution is 2.21. The number of nitrogens with two attached hydrogens (primary N) is 1. The van der Waals surface area contributed by atoms with Gasteiger partial charge in [0.1, 0.15) is 5.75 Å². The van der Waals surface area contributed by atoms with E-state index in [1.165, 1.54) is 0 Å². The van der Waals surface area contributed by atoms with Gasteiger partial charge in [0, 0.05) is 24.0 Å². The van der Waals surface area contributed by atoms with Crippen LogP contribution in [0.4, 0.5) is 0 Å². The second kappa shape index (κ2) is 7.49. The highest BCUT2D eigenvalue weighted by atomic mass is 35.5. The summed E-state index contributed by atoms with van der Waals surface area (Å²) in [6.07, 6.45) is 1.31. The lowest BCUT2D eigenvalue weighted by molar-refractivity contribution is -0.141. The van der Waals surface area contributed by atoms with Crippen molar-refractivity contribution in [3.63, 3.8) is 0 Å². The van der Waals surface area contributed by atoms with Crippen LogP contribution in [0, 0.1) is 5.92 Å². The van der Waals surface area contributed by atoms with Gasteiger partial charge in [0.15, 0.2) is 6.10 Å². The number of nitrogens with zero attached hydrogens (tertiary/aromatic N) is 1. The average molecular weight is 325 g/mol. The number of ether oxygens (including phenoxy) is 1. The summed E-state index contributed by atoms with van der Waals surface area (Å²) in [4.78, 5) is 25.5. The Morgan fingerprint density at radius 1 is 1.32 bits per heavy atom. The second-order valence-corrected chi connectivity index (χ2v) is 5.91. The fourth-order valence-electron chi connectivity index (χ4n) is 2.57. The summed E-state index contributed by atoms with van der Waals surface area (Å²) in [6.45, 7) is 3.01. The fourth-order valence-corrected chi connectivity index (χ4v) is 2.70. The molecule has 2 amide bonds. The van der Waals surface area contributed by atoms with E-state index in [0.717, 1.165) is 0 Å². The molecule has 120 valence electrons. The van der Waals surface area contributed by atoms with Crippen LogP contribution in [0.1, 0.15) is 26.2 Å². The number of amides is 2. The third-order valence-corrected chi connectivity index (χ3v) is 4.20. The molecule has 1 atom stereocenters. The zero-order chi connectivity index (χ0) is 16.1. The maximum atomic E-state index is 12.5. The lowest BCUT2D eigenvalue weighted by Crippen LogP contribution is -2.47. The van der Waals surface area contributed by atoms with E-state index in [4.69, 9.17) is 22.1 Å². The predicted octanol–water partition coefficient (Wildman–Crippen LogP) is 2.22. The van der Waals surface area contributed by atoms with Crippen molar-refractivity contribution in [3.05, 3.63) is 29.3 Å². The third-order valence-electron chi connectivity index (χ3n) is 3.95. The molecule has 0 aliphatic carbocycles. The molecule has 0 bridgehead atoms. The number of hydrogen-bond acceptors (Lipinski definition) is 3. The van der Waals surface area contributed by atoms with Gasteiger partial charge in [-0.15, -0.1) is 0 Å². The van der Waals surface area contributed by atoms with Crippen LogP contribution >= 0.6 is 11.6 Å². The minimum absolute atomic E-state index is 0.0413. The molecule has 5 nitrogen and oxygen atoms in total. The summed E-state index contributed by atoms with van der Waals surface area (Å²) in [5.74, 6) is 0.176. The number of hydrogen-bond donors (Lipinski definition) is 1. The van der Waals surface area contributed by atoms with Gasteiger partial charge in [0.2, 0.25) is 5.91 Å². The Hall–Kier alpha value is -1.75. The fraction of sp³-hybridized carbons (Fsp3) is 0.500. The smallest absolute Gasteiger partial charge is 0.263 e. The van der Waals surface area contributed by atoms with Gasteiger partial charge in [-0.05, 0) is 43.5 Å². The summed E-state index contributed by atoms with van der Waals surface area (Å²) in [7, 11) is 0. The maximum Gasteiger partial charge on any atom is 0.263 e.